The number of hydrogen-bond acceptors (Lipinski definition) is 5. The number of nitrogens with zero attached hydrogens (tertiary/aromatic N) is 2. The number of thiazole rings is 1. The first kappa shape index (κ1) is 14.3. The number of amides is 1. The zero-order chi connectivity index (χ0) is 14.5. The third kappa shape index (κ3) is 3.48. The monoisotopic (exact) mass is 290 g/mol. The van der Waals surface area contributed by atoms with E-state index in [1.165, 1.54) is 16.9 Å². The van der Waals surface area contributed by atoms with E-state index in [2.05, 4.69) is 10.3 Å². The lowest BCUT2D eigenvalue weighted by molar-refractivity contribution is 0.0959. The van der Waals surface area contributed by atoms with Gasteiger partial charge in [-0.2, -0.15) is 0 Å². The van der Waals surface area contributed by atoms with E-state index < -0.39 is 0 Å². The van der Waals surface area contributed by atoms with Crippen molar-refractivity contribution in [2.75, 3.05) is 31.3 Å². The molecule has 5 nitrogen and oxygen atoms in total. The highest BCUT2D eigenvalue weighted by Gasteiger charge is 2.16. The molecule has 0 radical (unpaired) electrons. The molecule has 1 aromatic carbocycles. The first-order valence-electron chi connectivity index (χ1n) is 6.33. The van der Waals surface area contributed by atoms with Crippen LogP contribution in [0.1, 0.15) is 15.2 Å². The summed E-state index contributed by atoms with van der Waals surface area (Å²) in [5.74, 6) is 0.125. The van der Waals surface area contributed by atoms with Crippen LogP contribution in [0.25, 0.3) is 0 Å². The summed E-state index contributed by atoms with van der Waals surface area (Å²) < 4.78 is 0. The standard InChI is InChI=1S/C14H18N4OS/c1-18(2)14-17-12(15)11(20-14)13(19)16-9-8-10-6-4-3-5-7-10/h3-7H,8-9,15H2,1-2H3,(H,16,19). The van der Waals surface area contributed by atoms with E-state index in [9.17, 15) is 4.79 Å². The van der Waals surface area contributed by atoms with Gasteiger partial charge < -0.3 is 16.0 Å². The van der Waals surface area contributed by atoms with E-state index in [0.717, 1.165) is 11.6 Å². The Morgan fingerprint density at radius 3 is 2.65 bits per heavy atom. The molecule has 0 bridgehead atoms. The molecule has 0 atom stereocenters. The molecule has 3 N–H and O–H groups in total. The maximum atomic E-state index is 12.1. The second kappa shape index (κ2) is 6.38. The molecule has 0 unspecified atom stereocenters. The van der Waals surface area contributed by atoms with Crippen LogP contribution in [0.5, 0.6) is 0 Å². The predicted molar refractivity (Wildman–Crippen MR) is 83.3 cm³/mol. The van der Waals surface area contributed by atoms with Crippen molar-refractivity contribution < 1.29 is 4.79 Å². The molecular weight excluding hydrogens is 272 g/mol. The number of aromatic nitrogens is 1. The fraction of sp³-hybridized carbons (Fsp3) is 0.286. The van der Waals surface area contributed by atoms with Crippen molar-refractivity contribution in [2.24, 2.45) is 0 Å². The van der Waals surface area contributed by atoms with E-state index in [-0.39, 0.29) is 11.7 Å². The van der Waals surface area contributed by atoms with E-state index >= 15 is 0 Å². The Balaban J connectivity index is 1.92. The molecule has 0 spiro atoms. The van der Waals surface area contributed by atoms with Crippen LogP contribution < -0.4 is 16.0 Å². The lowest BCUT2D eigenvalue weighted by Gasteiger charge is -2.05. The molecule has 6 heteroatoms. The molecule has 1 heterocycles. The van der Waals surface area contributed by atoms with Crippen LogP contribution in [-0.4, -0.2) is 31.5 Å². The quantitative estimate of drug-likeness (QED) is 0.880. The molecule has 1 amide bonds. The van der Waals surface area contributed by atoms with Gasteiger partial charge in [0.25, 0.3) is 5.91 Å². The van der Waals surface area contributed by atoms with Crippen LogP contribution in [0.15, 0.2) is 30.3 Å². The number of nitrogens with one attached hydrogen (secondary N) is 1. The molecule has 0 aliphatic rings. The maximum absolute atomic E-state index is 12.1. The van der Waals surface area contributed by atoms with Gasteiger partial charge in [0.1, 0.15) is 10.7 Å². The van der Waals surface area contributed by atoms with Crippen LogP contribution in [0, 0.1) is 0 Å². The molecule has 0 saturated heterocycles. The molecule has 0 aliphatic carbocycles. The van der Waals surface area contributed by atoms with Gasteiger partial charge in [-0.25, -0.2) is 4.98 Å². The summed E-state index contributed by atoms with van der Waals surface area (Å²) in [6, 6.07) is 10.0. The lowest BCUT2D eigenvalue weighted by atomic mass is 10.1. The maximum Gasteiger partial charge on any atom is 0.265 e. The molecule has 2 aromatic rings. The van der Waals surface area contributed by atoms with Crippen molar-refractivity contribution in [2.45, 2.75) is 6.42 Å². The molecule has 0 saturated carbocycles. The van der Waals surface area contributed by atoms with E-state index in [1.807, 2.05) is 49.3 Å². The number of nitrogen functional groups attached to an aromatic ring is 1. The van der Waals surface area contributed by atoms with Crippen molar-refractivity contribution in [3.63, 3.8) is 0 Å². The number of nitrogens with two attached hydrogens (primary N) is 1. The van der Waals surface area contributed by atoms with Crippen LogP contribution >= 0.6 is 11.3 Å². The van der Waals surface area contributed by atoms with E-state index in [4.69, 9.17) is 5.73 Å². The molecular formula is C14H18N4OS. The summed E-state index contributed by atoms with van der Waals surface area (Å²) in [5.41, 5.74) is 6.97. The second-order valence-corrected chi connectivity index (χ2v) is 5.57. The van der Waals surface area contributed by atoms with Crippen molar-refractivity contribution in [3.05, 3.63) is 40.8 Å². The zero-order valence-corrected chi connectivity index (χ0v) is 12.4. The Labute approximate surface area is 122 Å². The summed E-state index contributed by atoms with van der Waals surface area (Å²) in [5, 5.41) is 3.61. The Hall–Kier alpha value is -2.08. The molecule has 20 heavy (non-hydrogen) atoms. The molecule has 106 valence electrons. The topological polar surface area (TPSA) is 71.2 Å². The third-order valence-electron chi connectivity index (χ3n) is 2.77. The van der Waals surface area contributed by atoms with E-state index in [0.29, 0.717) is 11.4 Å². The van der Waals surface area contributed by atoms with Crippen molar-refractivity contribution in [3.8, 4) is 0 Å². The fourth-order valence-electron chi connectivity index (χ4n) is 1.72. The lowest BCUT2D eigenvalue weighted by Crippen LogP contribution is -2.25. The van der Waals surface area contributed by atoms with Crippen LogP contribution in [0.2, 0.25) is 0 Å². The molecule has 2 rings (SSSR count). The Morgan fingerprint density at radius 1 is 1.35 bits per heavy atom. The minimum Gasteiger partial charge on any atom is -0.382 e. The largest absolute Gasteiger partial charge is 0.382 e. The summed E-state index contributed by atoms with van der Waals surface area (Å²) in [6.45, 7) is 0.581. The van der Waals surface area contributed by atoms with Gasteiger partial charge >= 0.3 is 0 Å². The summed E-state index contributed by atoms with van der Waals surface area (Å²) in [7, 11) is 3.74. The SMILES string of the molecule is CN(C)c1nc(N)c(C(=O)NCCc2ccccc2)s1. The molecule has 0 fully saturated rings. The number of benzene rings is 1. The van der Waals surface area contributed by atoms with Gasteiger partial charge in [0.2, 0.25) is 0 Å². The van der Waals surface area contributed by atoms with Gasteiger partial charge in [0.05, 0.1) is 0 Å². The number of hydrogen-bond donors (Lipinski definition) is 2. The Kier molecular flexibility index (Phi) is 4.57. The van der Waals surface area contributed by atoms with Crippen LogP contribution in [0.4, 0.5) is 10.9 Å². The minimum absolute atomic E-state index is 0.163. The number of anilines is 2. The zero-order valence-electron chi connectivity index (χ0n) is 11.6. The van der Waals surface area contributed by atoms with Gasteiger partial charge in [-0.1, -0.05) is 41.7 Å². The first-order chi connectivity index (χ1) is 9.58. The number of carbonyl (C=O) groups is 1. The Morgan fingerprint density at radius 2 is 2.05 bits per heavy atom. The fourth-order valence-corrected chi connectivity index (χ4v) is 2.54. The average Bonchev–Trinajstić information content (AvgIpc) is 2.82. The highest BCUT2D eigenvalue weighted by Crippen LogP contribution is 2.26. The third-order valence-corrected chi connectivity index (χ3v) is 4.01. The van der Waals surface area contributed by atoms with Gasteiger partial charge in [-0.15, -0.1) is 0 Å². The second-order valence-electron chi connectivity index (χ2n) is 4.60. The Bertz CT molecular complexity index is 580. The molecule has 1 aromatic heterocycles. The van der Waals surface area contributed by atoms with Gasteiger partial charge in [0.15, 0.2) is 5.13 Å². The highest BCUT2D eigenvalue weighted by molar-refractivity contribution is 7.18. The minimum atomic E-state index is -0.163. The van der Waals surface area contributed by atoms with Gasteiger partial charge in [-0.05, 0) is 12.0 Å². The normalized spacial score (nSPS) is 10.3. The first-order valence-corrected chi connectivity index (χ1v) is 7.15. The molecule has 0 aliphatic heterocycles. The highest BCUT2D eigenvalue weighted by atomic mass is 32.1. The van der Waals surface area contributed by atoms with Crippen molar-refractivity contribution >= 4 is 28.2 Å². The van der Waals surface area contributed by atoms with Gasteiger partial charge in [0, 0.05) is 20.6 Å². The number of rotatable bonds is 5. The summed E-state index contributed by atoms with van der Waals surface area (Å²) in [6.07, 6.45) is 0.797. The summed E-state index contributed by atoms with van der Waals surface area (Å²) >= 11 is 1.30. The average molecular weight is 290 g/mol. The smallest absolute Gasteiger partial charge is 0.265 e. The van der Waals surface area contributed by atoms with Crippen LogP contribution in [0.3, 0.4) is 0 Å². The number of carbonyl (C=O) groups excluding carboxylic acids is 1. The van der Waals surface area contributed by atoms with Crippen molar-refractivity contribution in [1.29, 1.82) is 0 Å². The summed E-state index contributed by atoms with van der Waals surface area (Å²) in [4.78, 5) is 18.5. The van der Waals surface area contributed by atoms with Crippen LogP contribution in [-0.2, 0) is 6.42 Å². The predicted octanol–water partition coefficient (Wildman–Crippen LogP) is 1.76. The van der Waals surface area contributed by atoms with Crippen molar-refractivity contribution in [1.82, 2.24) is 10.3 Å². The van der Waals surface area contributed by atoms with Gasteiger partial charge in [-0.3, -0.25) is 4.79 Å². The van der Waals surface area contributed by atoms with E-state index in [1.54, 1.807) is 0 Å².